The summed E-state index contributed by atoms with van der Waals surface area (Å²) in [5, 5.41) is 3.65. The van der Waals surface area contributed by atoms with E-state index in [0.29, 0.717) is 0 Å². The maximum absolute atomic E-state index is 3.65. The van der Waals surface area contributed by atoms with Crippen molar-refractivity contribution < 1.29 is 0 Å². The first-order valence-corrected chi connectivity index (χ1v) is 5.11. The smallest absolute Gasteiger partial charge is 0.00978 e. The first-order chi connectivity index (χ1) is 5.38. The van der Waals surface area contributed by atoms with Gasteiger partial charge >= 0.3 is 0 Å². The Bertz CT molecular complexity index is 131. The van der Waals surface area contributed by atoms with Gasteiger partial charge < -0.3 is 5.32 Å². The van der Waals surface area contributed by atoms with Gasteiger partial charge in [0.15, 0.2) is 0 Å². The summed E-state index contributed by atoms with van der Waals surface area (Å²) in [5.74, 6) is 2.00. The topological polar surface area (TPSA) is 12.0 Å². The number of piperidine rings is 1. The molecule has 0 amide bonds. The number of nitrogens with one attached hydrogen (secondary N) is 1. The summed E-state index contributed by atoms with van der Waals surface area (Å²) in [5.41, 5.74) is 0. The summed E-state index contributed by atoms with van der Waals surface area (Å²) in [6.45, 7) is 3.71. The van der Waals surface area contributed by atoms with Crippen molar-refractivity contribution in [3.63, 3.8) is 0 Å². The van der Waals surface area contributed by atoms with E-state index in [2.05, 4.69) is 12.2 Å². The van der Waals surface area contributed by atoms with Crippen LogP contribution in [0.3, 0.4) is 0 Å². The first kappa shape index (κ1) is 7.60. The average molecular weight is 153 g/mol. The van der Waals surface area contributed by atoms with Gasteiger partial charge in [0.1, 0.15) is 0 Å². The van der Waals surface area contributed by atoms with Gasteiger partial charge in [0.05, 0.1) is 0 Å². The molecule has 1 N–H and O–H groups in total. The minimum atomic E-state index is 0.882. The van der Waals surface area contributed by atoms with Crippen LogP contribution < -0.4 is 5.32 Å². The van der Waals surface area contributed by atoms with Crippen molar-refractivity contribution in [3.05, 3.63) is 0 Å². The van der Waals surface area contributed by atoms with Crippen LogP contribution in [0.1, 0.15) is 39.0 Å². The van der Waals surface area contributed by atoms with Gasteiger partial charge in [-0.2, -0.15) is 0 Å². The van der Waals surface area contributed by atoms with Crippen LogP contribution in [0.5, 0.6) is 0 Å². The van der Waals surface area contributed by atoms with Crippen molar-refractivity contribution in [1.29, 1.82) is 0 Å². The molecule has 1 aliphatic carbocycles. The predicted molar refractivity (Wildman–Crippen MR) is 47.5 cm³/mol. The van der Waals surface area contributed by atoms with Crippen molar-refractivity contribution in [2.45, 2.75) is 45.1 Å². The maximum Gasteiger partial charge on any atom is 0.00978 e. The number of rotatable bonds is 0. The van der Waals surface area contributed by atoms with E-state index < -0.39 is 0 Å². The van der Waals surface area contributed by atoms with Crippen LogP contribution in [0.25, 0.3) is 0 Å². The minimum absolute atomic E-state index is 0.882. The highest BCUT2D eigenvalue weighted by Crippen LogP contribution is 2.34. The Morgan fingerprint density at radius 1 is 1.09 bits per heavy atom. The lowest BCUT2D eigenvalue weighted by Gasteiger charge is -2.40. The van der Waals surface area contributed by atoms with Crippen molar-refractivity contribution in [3.8, 4) is 0 Å². The van der Waals surface area contributed by atoms with E-state index in [1.807, 2.05) is 0 Å². The molecule has 11 heavy (non-hydrogen) atoms. The lowest BCUT2D eigenvalue weighted by molar-refractivity contribution is 0.150. The highest BCUT2D eigenvalue weighted by atomic mass is 14.9. The number of hydrogen-bond acceptors (Lipinski definition) is 1. The molecule has 1 nitrogen and oxygen atoms in total. The molecule has 0 aromatic rings. The van der Waals surface area contributed by atoms with E-state index in [1.54, 1.807) is 0 Å². The Hall–Kier alpha value is -0.0400. The van der Waals surface area contributed by atoms with Crippen LogP contribution in [-0.2, 0) is 0 Å². The molecular weight excluding hydrogens is 134 g/mol. The Morgan fingerprint density at radius 2 is 2.00 bits per heavy atom. The summed E-state index contributed by atoms with van der Waals surface area (Å²) in [4.78, 5) is 0. The molecular formula is C10H19N. The van der Waals surface area contributed by atoms with Gasteiger partial charge in [0, 0.05) is 6.04 Å². The molecule has 2 fully saturated rings. The van der Waals surface area contributed by atoms with Gasteiger partial charge in [-0.05, 0) is 37.6 Å². The SMILES string of the molecule is C[C@@H]1CCC[C@@H]2NCCC[C@H]12. The van der Waals surface area contributed by atoms with Crippen LogP contribution in [0.15, 0.2) is 0 Å². The largest absolute Gasteiger partial charge is 0.314 e. The van der Waals surface area contributed by atoms with Crippen LogP contribution in [0, 0.1) is 11.8 Å². The molecule has 1 saturated heterocycles. The van der Waals surface area contributed by atoms with Crippen LogP contribution in [0.2, 0.25) is 0 Å². The van der Waals surface area contributed by atoms with Gasteiger partial charge in [-0.1, -0.05) is 19.8 Å². The Labute approximate surface area is 69.6 Å². The van der Waals surface area contributed by atoms with E-state index in [-0.39, 0.29) is 0 Å². The van der Waals surface area contributed by atoms with Gasteiger partial charge in [-0.25, -0.2) is 0 Å². The van der Waals surface area contributed by atoms with E-state index in [4.69, 9.17) is 0 Å². The molecule has 2 aliphatic rings. The number of fused-ring (bicyclic) bond motifs is 1. The van der Waals surface area contributed by atoms with E-state index in [0.717, 1.165) is 17.9 Å². The molecule has 0 spiro atoms. The average Bonchev–Trinajstić information content (AvgIpc) is 2.06. The van der Waals surface area contributed by atoms with E-state index in [9.17, 15) is 0 Å². The van der Waals surface area contributed by atoms with Crippen molar-refractivity contribution in [2.24, 2.45) is 11.8 Å². The molecule has 1 saturated carbocycles. The second kappa shape index (κ2) is 3.14. The van der Waals surface area contributed by atoms with E-state index >= 15 is 0 Å². The molecule has 2 rings (SSSR count). The molecule has 1 heterocycles. The molecule has 64 valence electrons. The van der Waals surface area contributed by atoms with Gasteiger partial charge in [-0.3, -0.25) is 0 Å². The second-order valence-electron chi connectivity index (χ2n) is 4.27. The van der Waals surface area contributed by atoms with E-state index in [1.165, 1.54) is 38.6 Å². The van der Waals surface area contributed by atoms with Crippen molar-refractivity contribution in [2.75, 3.05) is 6.54 Å². The van der Waals surface area contributed by atoms with Crippen LogP contribution in [-0.4, -0.2) is 12.6 Å². The van der Waals surface area contributed by atoms with Crippen LogP contribution >= 0.6 is 0 Å². The van der Waals surface area contributed by atoms with Gasteiger partial charge in [0.2, 0.25) is 0 Å². The summed E-state index contributed by atoms with van der Waals surface area (Å²) in [7, 11) is 0. The maximum atomic E-state index is 3.65. The first-order valence-electron chi connectivity index (χ1n) is 5.11. The summed E-state index contributed by atoms with van der Waals surface area (Å²) >= 11 is 0. The molecule has 0 aromatic heterocycles. The highest BCUT2D eigenvalue weighted by molar-refractivity contribution is 4.87. The third-order valence-electron chi connectivity index (χ3n) is 3.54. The standard InChI is InChI=1S/C10H19N/c1-8-4-2-6-10-9(8)5-3-7-11-10/h8-11H,2-7H2,1H3/t8-,9-,10+/m1/s1. The lowest BCUT2D eigenvalue weighted by atomic mass is 9.73. The quantitative estimate of drug-likeness (QED) is 0.562. The Kier molecular flexibility index (Phi) is 2.17. The van der Waals surface area contributed by atoms with Gasteiger partial charge in [0.25, 0.3) is 0 Å². The summed E-state index contributed by atoms with van der Waals surface area (Å²) < 4.78 is 0. The fraction of sp³-hybridized carbons (Fsp3) is 1.00. The minimum Gasteiger partial charge on any atom is -0.314 e. The monoisotopic (exact) mass is 153 g/mol. The Balaban J connectivity index is 1.99. The predicted octanol–water partition coefficient (Wildman–Crippen LogP) is 2.17. The number of hydrogen-bond donors (Lipinski definition) is 1. The van der Waals surface area contributed by atoms with Crippen LogP contribution in [0.4, 0.5) is 0 Å². The molecule has 0 bridgehead atoms. The molecule has 0 aromatic carbocycles. The molecule has 1 heteroatoms. The third kappa shape index (κ3) is 1.44. The summed E-state index contributed by atoms with van der Waals surface area (Å²) in [6, 6.07) is 0.882. The fourth-order valence-corrected chi connectivity index (χ4v) is 2.85. The zero-order valence-electron chi connectivity index (χ0n) is 7.47. The van der Waals surface area contributed by atoms with Crippen molar-refractivity contribution >= 4 is 0 Å². The summed E-state index contributed by atoms with van der Waals surface area (Å²) in [6.07, 6.45) is 7.26. The molecule has 1 aliphatic heterocycles. The molecule has 0 unspecified atom stereocenters. The normalized spacial score (nSPS) is 45.0. The zero-order valence-corrected chi connectivity index (χ0v) is 7.47. The molecule has 0 radical (unpaired) electrons. The molecule has 3 atom stereocenters. The van der Waals surface area contributed by atoms with Gasteiger partial charge in [-0.15, -0.1) is 0 Å². The lowest BCUT2D eigenvalue weighted by Crippen LogP contribution is -2.45. The fourth-order valence-electron chi connectivity index (χ4n) is 2.85. The highest BCUT2D eigenvalue weighted by Gasteiger charge is 2.31. The third-order valence-corrected chi connectivity index (χ3v) is 3.54. The second-order valence-corrected chi connectivity index (χ2v) is 4.27. The Morgan fingerprint density at radius 3 is 2.82 bits per heavy atom. The zero-order chi connectivity index (χ0) is 7.68. The van der Waals surface area contributed by atoms with Crippen molar-refractivity contribution in [1.82, 2.24) is 5.32 Å².